The second-order valence-electron chi connectivity index (χ2n) is 6.08. The number of hydrogen-bond acceptors (Lipinski definition) is 1. The van der Waals surface area contributed by atoms with E-state index in [1.165, 1.54) is 22.2 Å². The molecule has 0 atom stereocenters. The lowest BCUT2D eigenvalue weighted by Crippen LogP contribution is -2.14. The molecule has 0 unspecified atom stereocenters. The van der Waals surface area contributed by atoms with Crippen LogP contribution in [0.15, 0.2) is 42.5 Å². The number of nitrogens with one attached hydrogen (secondary N) is 1. The zero-order valence-electron chi connectivity index (χ0n) is 14.1. The molecule has 1 N–H and O–H groups in total. The molecule has 2 aromatic carbocycles. The van der Waals surface area contributed by atoms with Crippen LogP contribution in [0, 0.1) is 6.92 Å². The standard InChI is InChI=1S/C20H22Cl2N2/c1-3-10-23-12-18-14(2)24(20-7-5-4-6-17(18)20)13-15-8-9-16(21)11-19(15)22/h4-9,11,23H,3,10,12-13H2,1-2H3. The summed E-state index contributed by atoms with van der Waals surface area (Å²) in [7, 11) is 0. The first-order chi connectivity index (χ1) is 11.6. The Morgan fingerprint density at radius 3 is 2.62 bits per heavy atom. The molecule has 0 radical (unpaired) electrons. The first-order valence-electron chi connectivity index (χ1n) is 8.33. The number of benzene rings is 2. The lowest BCUT2D eigenvalue weighted by atomic mass is 10.1. The third-order valence-corrected chi connectivity index (χ3v) is 5.02. The molecule has 3 aromatic rings. The van der Waals surface area contributed by atoms with E-state index in [4.69, 9.17) is 23.2 Å². The smallest absolute Gasteiger partial charge is 0.0493 e. The average Bonchev–Trinajstić information content (AvgIpc) is 2.83. The van der Waals surface area contributed by atoms with Gasteiger partial charge in [0.2, 0.25) is 0 Å². The number of hydrogen-bond donors (Lipinski definition) is 1. The normalized spacial score (nSPS) is 11.3. The van der Waals surface area contributed by atoms with E-state index in [1.54, 1.807) is 0 Å². The van der Waals surface area contributed by atoms with Crippen LogP contribution >= 0.6 is 23.2 Å². The molecule has 0 saturated carbocycles. The first kappa shape index (κ1) is 17.3. The van der Waals surface area contributed by atoms with Gasteiger partial charge in [0.25, 0.3) is 0 Å². The molecule has 0 spiro atoms. The molecule has 0 aliphatic rings. The average molecular weight is 361 g/mol. The van der Waals surface area contributed by atoms with Crippen LogP contribution in [0.25, 0.3) is 10.9 Å². The van der Waals surface area contributed by atoms with Crippen molar-refractivity contribution in [1.29, 1.82) is 0 Å². The van der Waals surface area contributed by atoms with Gasteiger partial charge in [-0.15, -0.1) is 0 Å². The van der Waals surface area contributed by atoms with Crippen LogP contribution in [0.5, 0.6) is 0 Å². The van der Waals surface area contributed by atoms with Crippen molar-refractivity contribution in [3.8, 4) is 0 Å². The highest BCUT2D eigenvalue weighted by Crippen LogP contribution is 2.29. The van der Waals surface area contributed by atoms with Gasteiger partial charge in [-0.25, -0.2) is 0 Å². The van der Waals surface area contributed by atoms with Gasteiger partial charge in [0.1, 0.15) is 0 Å². The quantitative estimate of drug-likeness (QED) is 0.549. The van der Waals surface area contributed by atoms with Crippen molar-refractivity contribution >= 4 is 34.1 Å². The van der Waals surface area contributed by atoms with E-state index in [1.807, 2.05) is 18.2 Å². The lowest BCUT2D eigenvalue weighted by molar-refractivity contribution is 0.670. The van der Waals surface area contributed by atoms with Crippen molar-refractivity contribution in [3.05, 3.63) is 69.3 Å². The second kappa shape index (κ2) is 7.60. The third-order valence-electron chi connectivity index (χ3n) is 4.43. The zero-order valence-corrected chi connectivity index (χ0v) is 15.6. The highest BCUT2D eigenvalue weighted by Gasteiger charge is 2.14. The Bertz CT molecular complexity index is 852. The molecule has 126 valence electrons. The monoisotopic (exact) mass is 360 g/mol. The van der Waals surface area contributed by atoms with Crippen LogP contribution in [0.4, 0.5) is 0 Å². The van der Waals surface area contributed by atoms with E-state index >= 15 is 0 Å². The number of para-hydroxylation sites is 1. The maximum absolute atomic E-state index is 6.38. The van der Waals surface area contributed by atoms with Gasteiger partial charge in [0.05, 0.1) is 0 Å². The summed E-state index contributed by atoms with van der Waals surface area (Å²) in [6.07, 6.45) is 1.14. The number of rotatable bonds is 6. The summed E-state index contributed by atoms with van der Waals surface area (Å²) in [5, 5.41) is 6.21. The number of nitrogens with zero attached hydrogens (tertiary/aromatic N) is 1. The Hall–Kier alpha value is -1.48. The van der Waals surface area contributed by atoms with Gasteiger partial charge < -0.3 is 9.88 Å². The highest BCUT2D eigenvalue weighted by atomic mass is 35.5. The van der Waals surface area contributed by atoms with E-state index in [0.717, 1.165) is 31.6 Å². The van der Waals surface area contributed by atoms with Crippen molar-refractivity contribution in [3.63, 3.8) is 0 Å². The van der Waals surface area contributed by atoms with Crippen molar-refractivity contribution in [1.82, 2.24) is 9.88 Å². The zero-order chi connectivity index (χ0) is 17.1. The summed E-state index contributed by atoms with van der Waals surface area (Å²) in [5.41, 5.74) is 4.97. The van der Waals surface area contributed by atoms with Crippen LogP contribution in [0.1, 0.15) is 30.2 Å². The minimum atomic E-state index is 0.669. The van der Waals surface area contributed by atoms with E-state index in [-0.39, 0.29) is 0 Å². The third kappa shape index (κ3) is 3.46. The van der Waals surface area contributed by atoms with Crippen LogP contribution in [0.2, 0.25) is 10.0 Å². The van der Waals surface area contributed by atoms with Gasteiger partial charge in [-0.2, -0.15) is 0 Å². The molecular formula is C20H22Cl2N2. The maximum Gasteiger partial charge on any atom is 0.0493 e. The van der Waals surface area contributed by atoms with E-state index < -0.39 is 0 Å². The molecular weight excluding hydrogens is 339 g/mol. The number of fused-ring (bicyclic) bond motifs is 1. The summed E-state index contributed by atoms with van der Waals surface area (Å²) in [4.78, 5) is 0. The van der Waals surface area contributed by atoms with E-state index in [9.17, 15) is 0 Å². The van der Waals surface area contributed by atoms with Gasteiger partial charge >= 0.3 is 0 Å². The van der Waals surface area contributed by atoms with Gasteiger partial charge in [-0.05, 0) is 49.2 Å². The van der Waals surface area contributed by atoms with Crippen molar-refractivity contribution < 1.29 is 0 Å². The maximum atomic E-state index is 6.38. The first-order valence-corrected chi connectivity index (χ1v) is 9.08. The van der Waals surface area contributed by atoms with Crippen LogP contribution in [-0.4, -0.2) is 11.1 Å². The van der Waals surface area contributed by atoms with Crippen molar-refractivity contribution in [2.75, 3.05) is 6.54 Å². The Labute approximate surface area is 153 Å². The molecule has 3 rings (SSSR count). The fourth-order valence-electron chi connectivity index (χ4n) is 3.14. The Kier molecular flexibility index (Phi) is 5.50. The van der Waals surface area contributed by atoms with Gasteiger partial charge in [-0.1, -0.05) is 54.4 Å². The molecule has 0 fully saturated rings. The molecule has 1 heterocycles. The minimum absolute atomic E-state index is 0.669. The summed E-state index contributed by atoms with van der Waals surface area (Å²) >= 11 is 12.4. The predicted molar refractivity (Wildman–Crippen MR) is 104 cm³/mol. The predicted octanol–water partition coefficient (Wildman–Crippen LogP) is 5.80. The van der Waals surface area contributed by atoms with Crippen molar-refractivity contribution in [2.45, 2.75) is 33.4 Å². The van der Waals surface area contributed by atoms with Gasteiger partial charge in [0, 0.05) is 39.7 Å². The molecule has 4 heteroatoms. The number of halogens is 2. The molecule has 0 bridgehead atoms. The van der Waals surface area contributed by atoms with Crippen LogP contribution in [0.3, 0.4) is 0 Å². The largest absolute Gasteiger partial charge is 0.340 e. The van der Waals surface area contributed by atoms with Crippen LogP contribution in [-0.2, 0) is 13.1 Å². The molecule has 1 aromatic heterocycles. The molecule has 24 heavy (non-hydrogen) atoms. The fourth-order valence-corrected chi connectivity index (χ4v) is 3.61. The number of aromatic nitrogens is 1. The highest BCUT2D eigenvalue weighted by molar-refractivity contribution is 6.35. The molecule has 2 nitrogen and oxygen atoms in total. The molecule has 0 saturated heterocycles. The SMILES string of the molecule is CCCNCc1c(C)n(Cc2ccc(Cl)cc2Cl)c2ccccc12. The van der Waals surface area contributed by atoms with Crippen molar-refractivity contribution in [2.24, 2.45) is 0 Å². The van der Waals surface area contributed by atoms with Crippen LogP contribution < -0.4 is 5.32 Å². The van der Waals surface area contributed by atoms with E-state index in [2.05, 4.69) is 48.0 Å². The molecule has 0 aliphatic carbocycles. The Balaban J connectivity index is 2.02. The Morgan fingerprint density at radius 1 is 1.08 bits per heavy atom. The lowest BCUT2D eigenvalue weighted by Gasteiger charge is -2.11. The summed E-state index contributed by atoms with van der Waals surface area (Å²) in [6, 6.07) is 14.3. The van der Waals surface area contributed by atoms with Gasteiger partial charge in [0.15, 0.2) is 0 Å². The Morgan fingerprint density at radius 2 is 1.88 bits per heavy atom. The molecule has 0 aliphatic heterocycles. The topological polar surface area (TPSA) is 17.0 Å². The molecule has 0 amide bonds. The minimum Gasteiger partial charge on any atom is -0.340 e. The fraction of sp³-hybridized carbons (Fsp3) is 0.300. The second-order valence-corrected chi connectivity index (χ2v) is 6.92. The summed E-state index contributed by atoms with van der Waals surface area (Å²) in [6.45, 7) is 7.04. The van der Waals surface area contributed by atoms with E-state index in [0.29, 0.717) is 10.0 Å². The summed E-state index contributed by atoms with van der Waals surface area (Å²) < 4.78 is 2.34. The van der Waals surface area contributed by atoms with Gasteiger partial charge in [-0.3, -0.25) is 0 Å². The summed E-state index contributed by atoms with van der Waals surface area (Å²) in [5.74, 6) is 0.